The van der Waals surface area contributed by atoms with Crippen LogP contribution in [0, 0.1) is 0 Å². The number of hydrogen-bond acceptors (Lipinski definition) is 5. The predicted octanol–water partition coefficient (Wildman–Crippen LogP) is 5.93. The number of aromatic hydroxyl groups is 2. The molecule has 0 saturated carbocycles. The van der Waals surface area contributed by atoms with Crippen molar-refractivity contribution in [1.29, 1.82) is 0 Å². The third kappa shape index (κ3) is 5.33. The molecule has 0 aliphatic heterocycles. The van der Waals surface area contributed by atoms with Crippen molar-refractivity contribution in [2.75, 3.05) is 5.32 Å². The van der Waals surface area contributed by atoms with E-state index in [4.69, 9.17) is 9.47 Å². The van der Waals surface area contributed by atoms with E-state index >= 15 is 0 Å². The summed E-state index contributed by atoms with van der Waals surface area (Å²) in [5, 5.41) is 21.8. The Kier molecular flexibility index (Phi) is 5.71. The molecule has 0 unspecified atom stereocenters. The fourth-order valence-electron chi connectivity index (χ4n) is 2.85. The van der Waals surface area contributed by atoms with E-state index in [1.165, 1.54) is 12.1 Å². The number of benzene rings is 4. The first-order valence-electron chi connectivity index (χ1n) is 9.50. The molecule has 0 radical (unpaired) electrons. The van der Waals surface area contributed by atoms with Crippen molar-refractivity contribution in [3.05, 3.63) is 103 Å². The molecule has 0 spiro atoms. The molecule has 0 aliphatic rings. The average molecular weight is 413 g/mol. The van der Waals surface area contributed by atoms with E-state index in [1.54, 1.807) is 84.9 Å². The number of hydrogen-bond donors (Lipinski definition) is 3. The normalized spacial score (nSPS) is 10.3. The van der Waals surface area contributed by atoms with Gasteiger partial charge in [0.15, 0.2) is 0 Å². The minimum Gasteiger partial charge on any atom is -0.508 e. The molecule has 154 valence electrons. The molecule has 0 saturated heterocycles. The van der Waals surface area contributed by atoms with Gasteiger partial charge in [-0.25, -0.2) is 0 Å². The molecule has 0 fully saturated rings. The van der Waals surface area contributed by atoms with Gasteiger partial charge in [-0.3, -0.25) is 4.79 Å². The van der Waals surface area contributed by atoms with Crippen LogP contribution in [0.5, 0.6) is 34.5 Å². The quantitative estimate of drug-likeness (QED) is 0.364. The number of nitrogens with one attached hydrogen (secondary N) is 1. The van der Waals surface area contributed by atoms with Gasteiger partial charge in [0.25, 0.3) is 5.91 Å². The van der Waals surface area contributed by atoms with E-state index in [-0.39, 0.29) is 17.4 Å². The molecular weight excluding hydrogens is 394 g/mol. The van der Waals surface area contributed by atoms with Crippen LogP contribution in [-0.4, -0.2) is 16.1 Å². The maximum atomic E-state index is 12.5. The zero-order valence-electron chi connectivity index (χ0n) is 16.4. The van der Waals surface area contributed by atoms with Gasteiger partial charge in [-0.1, -0.05) is 12.1 Å². The highest BCUT2D eigenvalue weighted by Crippen LogP contribution is 2.27. The summed E-state index contributed by atoms with van der Waals surface area (Å²) in [5.41, 5.74) is 1.09. The maximum absolute atomic E-state index is 12.5. The summed E-state index contributed by atoms with van der Waals surface area (Å²) in [6, 6.07) is 26.6. The molecule has 0 bridgehead atoms. The van der Waals surface area contributed by atoms with Gasteiger partial charge >= 0.3 is 0 Å². The Morgan fingerprint density at radius 3 is 1.58 bits per heavy atom. The van der Waals surface area contributed by atoms with Gasteiger partial charge in [0.1, 0.15) is 34.5 Å². The minimum absolute atomic E-state index is 0.117. The van der Waals surface area contributed by atoms with Crippen LogP contribution < -0.4 is 14.8 Å². The van der Waals surface area contributed by atoms with Crippen LogP contribution >= 0.6 is 0 Å². The molecule has 4 rings (SSSR count). The lowest BCUT2D eigenvalue weighted by molar-refractivity contribution is 0.102. The first-order chi connectivity index (χ1) is 15.0. The number of carbonyl (C=O) groups excluding carboxylic acids is 1. The highest BCUT2D eigenvalue weighted by Gasteiger charge is 2.08. The van der Waals surface area contributed by atoms with Crippen LogP contribution in [0.25, 0.3) is 0 Å². The van der Waals surface area contributed by atoms with Gasteiger partial charge in [-0.15, -0.1) is 0 Å². The second-order valence-corrected chi connectivity index (χ2v) is 6.70. The maximum Gasteiger partial charge on any atom is 0.255 e. The zero-order chi connectivity index (χ0) is 21.6. The van der Waals surface area contributed by atoms with Crippen LogP contribution in [0.15, 0.2) is 97.1 Å². The minimum atomic E-state index is -0.259. The number of carbonyl (C=O) groups is 1. The first kappa shape index (κ1) is 19.8. The summed E-state index contributed by atoms with van der Waals surface area (Å²) in [7, 11) is 0. The van der Waals surface area contributed by atoms with E-state index in [9.17, 15) is 15.0 Å². The second kappa shape index (κ2) is 8.92. The van der Waals surface area contributed by atoms with Gasteiger partial charge in [0.05, 0.1) is 0 Å². The van der Waals surface area contributed by atoms with Gasteiger partial charge in [0, 0.05) is 23.4 Å². The van der Waals surface area contributed by atoms with Gasteiger partial charge < -0.3 is 25.0 Å². The van der Waals surface area contributed by atoms with Crippen molar-refractivity contribution in [1.82, 2.24) is 0 Å². The molecule has 0 atom stereocenters. The number of ether oxygens (including phenoxy) is 2. The van der Waals surface area contributed by atoms with E-state index in [0.717, 1.165) is 0 Å². The summed E-state index contributed by atoms with van der Waals surface area (Å²) in [4.78, 5) is 12.5. The average Bonchev–Trinajstić information content (AvgIpc) is 2.76. The molecule has 31 heavy (non-hydrogen) atoms. The molecule has 6 heteroatoms. The second-order valence-electron chi connectivity index (χ2n) is 6.70. The van der Waals surface area contributed by atoms with Crippen LogP contribution in [0.4, 0.5) is 5.69 Å². The van der Waals surface area contributed by atoms with Crippen molar-refractivity contribution in [2.45, 2.75) is 0 Å². The fraction of sp³-hybridized carbons (Fsp3) is 0. The third-order valence-electron chi connectivity index (χ3n) is 4.34. The van der Waals surface area contributed by atoms with Crippen molar-refractivity contribution < 1.29 is 24.5 Å². The van der Waals surface area contributed by atoms with Crippen LogP contribution in [0.1, 0.15) is 10.4 Å². The van der Waals surface area contributed by atoms with Crippen LogP contribution in [-0.2, 0) is 0 Å². The molecule has 0 heterocycles. The molecule has 0 aromatic heterocycles. The largest absolute Gasteiger partial charge is 0.508 e. The number of anilines is 1. The lowest BCUT2D eigenvalue weighted by atomic mass is 10.2. The summed E-state index contributed by atoms with van der Waals surface area (Å²) < 4.78 is 11.3. The lowest BCUT2D eigenvalue weighted by Crippen LogP contribution is -2.11. The van der Waals surface area contributed by atoms with E-state index < -0.39 is 0 Å². The highest BCUT2D eigenvalue weighted by molar-refractivity contribution is 6.04. The van der Waals surface area contributed by atoms with Crippen LogP contribution in [0.2, 0.25) is 0 Å². The molecular formula is C25H19NO5. The topological polar surface area (TPSA) is 88.0 Å². The van der Waals surface area contributed by atoms with E-state index in [1.807, 2.05) is 0 Å². The van der Waals surface area contributed by atoms with Crippen molar-refractivity contribution in [3.63, 3.8) is 0 Å². The molecule has 1 amide bonds. The highest BCUT2D eigenvalue weighted by atomic mass is 16.5. The summed E-state index contributed by atoms with van der Waals surface area (Å²) in [6.07, 6.45) is 0. The zero-order valence-corrected chi connectivity index (χ0v) is 16.4. The number of phenolic OH excluding ortho intramolecular Hbond substituents is 2. The van der Waals surface area contributed by atoms with Crippen molar-refractivity contribution >= 4 is 11.6 Å². The SMILES string of the molecule is O=C(Nc1ccc(Oc2cccc(O)c2)cc1)c1ccc(Oc2cccc(O)c2)cc1. The van der Waals surface area contributed by atoms with E-state index in [2.05, 4.69) is 5.32 Å². The lowest BCUT2D eigenvalue weighted by Gasteiger charge is -2.09. The van der Waals surface area contributed by atoms with Crippen molar-refractivity contribution in [3.8, 4) is 34.5 Å². The third-order valence-corrected chi connectivity index (χ3v) is 4.34. The van der Waals surface area contributed by atoms with Crippen molar-refractivity contribution in [2.24, 2.45) is 0 Å². The molecule has 6 nitrogen and oxygen atoms in total. The summed E-state index contributed by atoms with van der Waals surface area (Å²) in [6.45, 7) is 0. The Bertz CT molecular complexity index is 1190. The van der Waals surface area contributed by atoms with Gasteiger partial charge in [0.2, 0.25) is 0 Å². The Morgan fingerprint density at radius 2 is 1.10 bits per heavy atom. The smallest absolute Gasteiger partial charge is 0.255 e. The van der Waals surface area contributed by atoms with Crippen LogP contribution in [0.3, 0.4) is 0 Å². The molecule has 0 aliphatic carbocycles. The molecule has 3 N–H and O–H groups in total. The molecule has 4 aromatic carbocycles. The Balaban J connectivity index is 1.36. The van der Waals surface area contributed by atoms with Gasteiger partial charge in [-0.05, 0) is 72.8 Å². The standard InChI is InChI=1S/C25H19NO5/c27-19-3-1-5-23(15-19)30-21-11-7-17(8-12-21)25(29)26-18-9-13-22(14-10-18)31-24-6-2-4-20(28)16-24/h1-16,27-28H,(H,26,29). The number of amides is 1. The summed E-state index contributed by atoms with van der Waals surface area (Å²) >= 11 is 0. The Hall–Kier alpha value is -4.45. The fourth-order valence-corrected chi connectivity index (χ4v) is 2.85. The Morgan fingerprint density at radius 1 is 0.613 bits per heavy atom. The Labute approximate surface area is 178 Å². The molecule has 4 aromatic rings. The van der Waals surface area contributed by atoms with E-state index in [0.29, 0.717) is 34.2 Å². The first-order valence-corrected chi connectivity index (χ1v) is 9.50. The summed E-state index contributed by atoms with van der Waals surface area (Å²) in [5.74, 6) is 2.14. The number of rotatable bonds is 6. The monoisotopic (exact) mass is 413 g/mol. The predicted molar refractivity (Wildman–Crippen MR) is 117 cm³/mol. The number of phenols is 2. The van der Waals surface area contributed by atoms with Gasteiger partial charge in [-0.2, -0.15) is 0 Å².